The Morgan fingerprint density at radius 3 is 1.58 bits per heavy atom. The van der Waals surface area contributed by atoms with Crippen LogP contribution < -0.4 is 10.6 Å². The van der Waals surface area contributed by atoms with Crippen LogP contribution in [0.3, 0.4) is 0 Å². The highest BCUT2D eigenvalue weighted by Crippen LogP contribution is 1.78. The van der Waals surface area contributed by atoms with Crippen molar-refractivity contribution in [2.75, 3.05) is 0 Å². The third-order valence-corrected chi connectivity index (χ3v) is 1.16. The molecule has 2 atom stereocenters. The third-order valence-electron chi connectivity index (χ3n) is 1.16. The maximum Gasteiger partial charge on any atom is 0.111 e. The summed E-state index contributed by atoms with van der Waals surface area (Å²) in [4.78, 5) is 0. The first-order valence-electron chi connectivity index (χ1n) is 3.67. The fraction of sp³-hybridized carbons (Fsp3) is 0.500. The van der Waals surface area contributed by atoms with Crippen LogP contribution in [0.4, 0.5) is 0 Å². The number of rotatable bonds is 4. The van der Waals surface area contributed by atoms with E-state index in [1.54, 1.807) is 26.2 Å². The van der Waals surface area contributed by atoms with E-state index in [2.05, 4.69) is 10.6 Å². The van der Waals surface area contributed by atoms with Gasteiger partial charge < -0.3 is 10.6 Å². The van der Waals surface area contributed by atoms with Gasteiger partial charge in [-0.25, -0.2) is 0 Å². The predicted molar refractivity (Wildman–Crippen MR) is 45.6 cm³/mol. The van der Waals surface area contributed by atoms with E-state index in [4.69, 9.17) is 10.5 Å². The van der Waals surface area contributed by atoms with Gasteiger partial charge in [0.15, 0.2) is 0 Å². The van der Waals surface area contributed by atoms with E-state index >= 15 is 0 Å². The van der Waals surface area contributed by atoms with Crippen LogP contribution in [0.25, 0.3) is 0 Å². The van der Waals surface area contributed by atoms with E-state index in [9.17, 15) is 0 Å². The highest BCUT2D eigenvalue weighted by Gasteiger charge is 1.92. The summed E-state index contributed by atoms with van der Waals surface area (Å²) >= 11 is 0. The second kappa shape index (κ2) is 6.06. The minimum atomic E-state index is -0.208. The normalized spacial score (nSPS) is 14.3. The minimum Gasteiger partial charge on any atom is -0.375 e. The van der Waals surface area contributed by atoms with Gasteiger partial charge in [-0.05, 0) is 13.8 Å². The molecule has 0 aliphatic heterocycles. The Morgan fingerprint density at radius 2 is 1.33 bits per heavy atom. The van der Waals surface area contributed by atoms with Crippen LogP contribution in [-0.2, 0) is 0 Å². The summed E-state index contributed by atoms with van der Waals surface area (Å²) in [5.74, 6) is 0. The van der Waals surface area contributed by atoms with Gasteiger partial charge in [0.05, 0.1) is 12.1 Å². The zero-order valence-electron chi connectivity index (χ0n) is 7.20. The molecule has 2 unspecified atom stereocenters. The lowest BCUT2D eigenvalue weighted by molar-refractivity contribution is 0.746. The van der Waals surface area contributed by atoms with E-state index < -0.39 is 0 Å². The summed E-state index contributed by atoms with van der Waals surface area (Å²) in [5.41, 5.74) is 0. The van der Waals surface area contributed by atoms with Gasteiger partial charge in [-0.2, -0.15) is 10.5 Å². The first kappa shape index (κ1) is 10.3. The molecule has 4 nitrogen and oxygen atoms in total. The van der Waals surface area contributed by atoms with Gasteiger partial charge in [0.2, 0.25) is 0 Å². The molecule has 0 radical (unpaired) electrons. The molecule has 12 heavy (non-hydrogen) atoms. The maximum absolute atomic E-state index is 8.37. The average molecular weight is 164 g/mol. The second-order valence-electron chi connectivity index (χ2n) is 2.37. The summed E-state index contributed by atoms with van der Waals surface area (Å²) in [7, 11) is 0. The third kappa shape index (κ3) is 5.13. The van der Waals surface area contributed by atoms with Crippen LogP contribution in [0.15, 0.2) is 12.4 Å². The molecule has 0 rings (SSSR count). The zero-order chi connectivity index (χ0) is 9.40. The van der Waals surface area contributed by atoms with Gasteiger partial charge in [0.1, 0.15) is 12.1 Å². The van der Waals surface area contributed by atoms with Crippen LogP contribution in [0, 0.1) is 22.7 Å². The molecule has 0 spiro atoms. The SMILES string of the molecule is CC(C#N)N/C=C/NC(C)C#N. The van der Waals surface area contributed by atoms with E-state index in [0.29, 0.717) is 0 Å². The first-order valence-corrected chi connectivity index (χ1v) is 3.67. The van der Waals surface area contributed by atoms with Crippen LogP contribution in [0.5, 0.6) is 0 Å². The van der Waals surface area contributed by atoms with Crippen LogP contribution in [-0.4, -0.2) is 12.1 Å². The summed E-state index contributed by atoms with van der Waals surface area (Å²) in [6, 6.07) is 3.61. The minimum absolute atomic E-state index is 0.208. The van der Waals surface area contributed by atoms with Gasteiger partial charge in [-0.3, -0.25) is 0 Å². The van der Waals surface area contributed by atoms with Gasteiger partial charge in [0.25, 0.3) is 0 Å². The van der Waals surface area contributed by atoms with Crippen molar-refractivity contribution >= 4 is 0 Å². The largest absolute Gasteiger partial charge is 0.375 e. The van der Waals surface area contributed by atoms with Crippen molar-refractivity contribution in [2.45, 2.75) is 25.9 Å². The Kier molecular flexibility index (Phi) is 5.21. The summed E-state index contributed by atoms with van der Waals surface area (Å²) < 4.78 is 0. The molecular formula is C8H12N4. The molecule has 0 aliphatic carbocycles. The Hall–Kier alpha value is -1.68. The van der Waals surface area contributed by atoms with Crippen LogP contribution in [0.1, 0.15) is 13.8 Å². The number of nitrogens with zero attached hydrogens (tertiary/aromatic N) is 2. The van der Waals surface area contributed by atoms with Crippen molar-refractivity contribution in [3.63, 3.8) is 0 Å². The second-order valence-corrected chi connectivity index (χ2v) is 2.37. The van der Waals surface area contributed by atoms with Crippen molar-refractivity contribution in [1.29, 1.82) is 10.5 Å². The van der Waals surface area contributed by atoms with Crippen LogP contribution >= 0.6 is 0 Å². The zero-order valence-corrected chi connectivity index (χ0v) is 7.20. The predicted octanol–water partition coefficient (Wildman–Crippen LogP) is 0.461. The maximum atomic E-state index is 8.37. The molecular weight excluding hydrogens is 152 g/mol. The van der Waals surface area contributed by atoms with Gasteiger partial charge in [0, 0.05) is 12.4 Å². The van der Waals surface area contributed by atoms with Gasteiger partial charge >= 0.3 is 0 Å². The van der Waals surface area contributed by atoms with E-state index in [0.717, 1.165) is 0 Å². The number of nitrogens with one attached hydrogen (secondary N) is 2. The molecule has 0 fully saturated rings. The Morgan fingerprint density at radius 1 is 1.00 bits per heavy atom. The number of nitriles is 2. The van der Waals surface area contributed by atoms with Crippen molar-refractivity contribution in [3.05, 3.63) is 12.4 Å². The average Bonchev–Trinajstić information content (AvgIpc) is 2.11. The van der Waals surface area contributed by atoms with E-state index in [1.165, 1.54) is 0 Å². The fourth-order valence-corrected chi connectivity index (χ4v) is 0.459. The molecule has 0 bridgehead atoms. The van der Waals surface area contributed by atoms with Crippen LogP contribution in [0.2, 0.25) is 0 Å². The highest BCUT2D eigenvalue weighted by atomic mass is 14.9. The van der Waals surface area contributed by atoms with Crippen molar-refractivity contribution in [2.24, 2.45) is 0 Å². The van der Waals surface area contributed by atoms with Gasteiger partial charge in [-0.1, -0.05) is 0 Å². The lowest BCUT2D eigenvalue weighted by atomic mass is 10.4. The summed E-state index contributed by atoms with van der Waals surface area (Å²) in [6.45, 7) is 3.50. The van der Waals surface area contributed by atoms with Gasteiger partial charge in [-0.15, -0.1) is 0 Å². The Bertz CT molecular complexity index is 196. The molecule has 0 aromatic heterocycles. The molecule has 0 aromatic rings. The summed E-state index contributed by atoms with van der Waals surface area (Å²) in [6.07, 6.45) is 3.23. The van der Waals surface area contributed by atoms with Crippen molar-refractivity contribution in [3.8, 4) is 12.1 Å². The van der Waals surface area contributed by atoms with Crippen molar-refractivity contribution < 1.29 is 0 Å². The monoisotopic (exact) mass is 164 g/mol. The topological polar surface area (TPSA) is 71.6 Å². The highest BCUT2D eigenvalue weighted by molar-refractivity contribution is 4.94. The molecule has 2 N–H and O–H groups in total. The Labute approximate surface area is 72.5 Å². The fourth-order valence-electron chi connectivity index (χ4n) is 0.459. The first-order chi connectivity index (χ1) is 5.70. The molecule has 0 saturated heterocycles. The standard InChI is InChI=1S/C8H12N4/c1-7(5-9)11-3-4-12-8(2)6-10/h3-4,7-8,11-12H,1-2H3/b4-3+. The molecule has 64 valence electrons. The Balaban J connectivity index is 3.53. The summed E-state index contributed by atoms with van der Waals surface area (Å²) in [5, 5.41) is 22.3. The van der Waals surface area contributed by atoms with E-state index in [1.807, 2.05) is 12.1 Å². The van der Waals surface area contributed by atoms with Crippen molar-refractivity contribution in [1.82, 2.24) is 10.6 Å². The molecule has 0 heterocycles. The molecule has 0 aliphatic rings. The molecule has 0 amide bonds. The number of hydrogen-bond acceptors (Lipinski definition) is 4. The van der Waals surface area contributed by atoms with E-state index in [-0.39, 0.29) is 12.1 Å². The molecule has 0 saturated carbocycles. The number of hydrogen-bond donors (Lipinski definition) is 2. The lowest BCUT2D eigenvalue weighted by Crippen LogP contribution is -2.22. The quantitative estimate of drug-likeness (QED) is 0.633. The molecule has 0 aromatic carbocycles. The lowest BCUT2D eigenvalue weighted by Gasteiger charge is -2.02. The smallest absolute Gasteiger partial charge is 0.111 e. The molecule has 4 heteroatoms.